The van der Waals surface area contributed by atoms with Crippen molar-refractivity contribution in [1.29, 1.82) is 0 Å². The highest BCUT2D eigenvalue weighted by molar-refractivity contribution is 6.04. The fourth-order valence-corrected chi connectivity index (χ4v) is 1.39. The molecular formula is C10H7F2N3O3. The monoisotopic (exact) mass is 255 g/mol. The molecule has 6 nitrogen and oxygen atoms in total. The summed E-state index contributed by atoms with van der Waals surface area (Å²) in [4.78, 5) is 33.5. The number of imide groups is 1. The lowest BCUT2D eigenvalue weighted by Gasteiger charge is -2.14. The van der Waals surface area contributed by atoms with Gasteiger partial charge in [0, 0.05) is 6.07 Å². The first-order valence-electron chi connectivity index (χ1n) is 4.85. The molecule has 0 spiro atoms. The predicted octanol–water partition coefficient (Wildman–Crippen LogP) is 0.161. The summed E-state index contributed by atoms with van der Waals surface area (Å²) in [6, 6.07) is 1.59. The number of halogens is 2. The molecule has 0 saturated carbocycles. The maximum atomic E-state index is 13.3. The number of hydrogen-bond donors (Lipinski definition) is 2. The largest absolute Gasteiger partial charge is 0.343 e. The molecule has 1 aliphatic heterocycles. The SMILES string of the molecule is O=C1CN(NC(=O)c2ccc(F)cc2F)C(=O)N1. The first-order valence-corrected chi connectivity index (χ1v) is 4.85. The molecule has 0 bridgehead atoms. The van der Waals surface area contributed by atoms with Gasteiger partial charge in [0.2, 0.25) is 5.91 Å². The van der Waals surface area contributed by atoms with Crippen molar-refractivity contribution in [1.82, 2.24) is 15.8 Å². The van der Waals surface area contributed by atoms with Gasteiger partial charge in [0.25, 0.3) is 5.91 Å². The molecule has 1 aromatic rings. The molecule has 0 unspecified atom stereocenters. The van der Waals surface area contributed by atoms with Crippen LogP contribution in [0, 0.1) is 11.6 Å². The number of nitrogens with zero attached hydrogens (tertiary/aromatic N) is 1. The van der Waals surface area contributed by atoms with E-state index in [1.807, 2.05) is 10.7 Å². The van der Waals surface area contributed by atoms with Gasteiger partial charge in [-0.25, -0.2) is 18.6 Å². The Hall–Kier alpha value is -2.51. The molecule has 18 heavy (non-hydrogen) atoms. The van der Waals surface area contributed by atoms with Gasteiger partial charge in [-0.3, -0.25) is 20.3 Å². The molecule has 4 amide bonds. The van der Waals surface area contributed by atoms with Crippen LogP contribution in [-0.4, -0.2) is 29.4 Å². The summed E-state index contributed by atoms with van der Waals surface area (Å²) in [7, 11) is 0. The van der Waals surface area contributed by atoms with E-state index in [4.69, 9.17) is 0 Å². The summed E-state index contributed by atoms with van der Waals surface area (Å²) in [5, 5.41) is 2.63. The number of carbonyl (C=O) groups is 3. The van der Waals surface area contributed by atoms with Crippen LogP contribution in [0.3, 0.4) is 0 Å². The lowest BCUT2D eigenvalue weighted by molar-refractivity contribution is -0.118. The molecule has 8 heteroatoms. The lowest BCUT2D eigenvalue weighted by Crippen LogP contribution is -2.44. The first kappa shape index (κ1) is 12.0. The van der Waals surface area contributed by atoms with E-state index in [1.165, 1.54) is 0 Å². The topological polar surface area (TPSA) is 78.5 Å². The highest BCUT2D eigenvalue weighted by Gasteiger charge is 2.28. The van der Waals surface area contributed by atoms with E-state index in [1.54, 1.807) is 0 Å². The van der Waals surface area contributed by atoms with Crippen molar-refractivity contribution in [3.63, 3.8) is 0 Å². The van der Waals surface area contributed by atoms with Crippen molar-refractivity contribution in [3.05, 3.63) is 35.4 Å². The molecule has 0 atom stereocenters. The summed E-state index contributed by atoms with van der Waals surface area (Å²) in [5.41, 5.74) is 1.61. The molecule has 1 aliphatic rings. The summed E-state index contributed by atoms with van der Waals surface area (Å²) >= 11 is 0. The van der Waals surface area contributed by atoms with Crippen LogP contribution < -0.4 is 10.7 Å². The molecule has 1 heterocycles. The number of benzene rings is 1. The Bertz CT molecular complexity index is 547. The van der Waals surface area contributed by atoms with E-state index < -0.39 is 35.0 Å². The Balaban J connectivity index is 2.13. The van der Waals surface area contributed by atoms with Crippen LogP contribution in [-0.2, 0) is 4.79 Å². The molecule has 2 N–H and O–H groups in total. The fraction of sp³-hybridized carbons (Fsp3) is 0.100. The lowest BCUT2D eigenvalue weighted by atomic mass is 10.2. The number of nitrogens with one attached hydrogen (secondary N) is 2. The van der Waals surface area contributed by atoms with Crippen molar-refractivity contribution in [3.8, 4) is 0 Å². The highest BCUT2D eigenvalue weighted by atomic mass is 19.1. The maximum absolute atomic E-state index is 13.3. The number of hydrazine groups is 1. The summed E-state index contributed by atoms with van der Waals surface area (Å²) in [5.74, 6) is -3.41. The van der Waals surface area contributed by atoms with E-state index in [2.05, 4.69) is 0 Å². The van der Waals surface area contributed by atoms with Gasteiger partial charge in [-0.05, 0) is 12.1 Å². The number of carbonyl (C=O) groups excluding carboxylic acids is 3. The van der Waals surface area contributed by atoms with Gasteiger partial charge in [0.05, 0.1) is 5.56 Å². The van der Waals surface area contributed by atoms with E-state index in [0.29, 0.717) is 11.1 Å². The minimum atomic E-state index is -1.06. The highest BCUT2D eigenvalue weighted by Crippen LogP contribution is 2.09. The standard InChI is InChI=1S/C10H7F2N3O3/c11-5-1-2-6(7(12)3-5)9(17)14-15-4-8(16)13-10(15)18/h1-3H,4H2,(H,14,17)(H,13,16,18). The normalized spacial score (nSPS) is 14.7. The Morgan fingerprint density at radius 1 is 1.33 bits per heavy atom. The maximum Gasteiger partial charge on any atom is 0.343 e. The van der Waals surface area contributed by atoms with Crippen LogP contribution in [0.4, 0.5) is 13.6 Å². The van der Waals surface area contributed by atoms with E-state index in [-0.39, 0.29) is 6.54 Å². The molecule has 2 rings (SSSR count). The Labute approximate surface area is 99.5 Å². The van der Waals surface area contributed by atoms with E-state index in [9.17, 15) is 23.2 Å². The van der Waals surface area contributed by atoms with Crippen LogP contribution in [0.1, 0.15) is 10.4 Å². The Morgan fingerprint density at radius 3 is 2.61 bits per heavy atom. The molecule has 1 aromatic carbocycles. The number of rotatable bonds is 2. The zero-order valence-corrected chi connectivity index (χ0v) is 8.87. The van der Waals surface area contributed by atoms with Gasteiger partial charge in [-0.2, -0.15) is 0 Å². The van der Waals surface area contributed by atoms with Crippen LogP contribution in [0.15, 0.2) is 18.2 Å². The zero-order valence-electron chi connectivity index (χ0n) is 8.87. The fourth-order valence-electron chi connectivity index (χ4n) is 1.39. The second-order valence-corrected chi connectivity index (χ2v) is 3.50. The Morgan fingerprint density at radius 2 is 2.06 bits per heavy atom. The average molecular weight is 255 g/mol. The number of urea groups is 1. The van der Waals surface area contributed by atoms with Crippen molar-refractivity contribution >= 4 is 17.8 Å². The molecule has 94 valence electrons. The summed E-state index contributed by atoms with van der Waals surface area (Å²) in [6.45, 7) is -0.354. The third-order valence-electron chi connectivity index (χ3n) is 2.21. The zero-order chi connectivity index (χ0) is 13.3. The molecule has 1 fully saturated rings. The average Bonchev–Trinajstić information content (AvgIpc) is 2.57. The molecule has 1 saturated heterocycles. The van der Waals surface area contributed by atoms with Crippen LogP contribution in [0.25, 0.3) is 0 Å². The molecular weight excluding hydrogens is 248 g/mol. The van der Waals surface area contributed by atoms with Gasteiger partial charge >= 0.3 is 6.03 Å². The quantitative estimate of drug-likeness (QED) is 0.739. The number of hydrogen-bond acceptors (Lipinski definition) is 3. The smallest absolute Gasteiger partial charge is 0.275 e. The van der Waals surface area contributed by atoms with Gasteiger partial charge in [0.1, 0.15) is 18.2 Å². The van der Waals surface area contributed by atoms with E-state index in [0.717, 1.165) is 12.1 Å². The van der Waals surface area contributed by atoms with E-state index >= 15 is 0 Å². The first-order chi connectivity index (χ1) is 8.47. The van der Waals surface area contributed by atoms with Gasteiger partial charge in [-0.15, -0.1) is 0 Å². The van der Waals surface area contributed by atoms with Crippen LogP contribution >= 0.6 is 0 Å². The molecule has 0 radical (unpaired) electrons. The van der Waals surface area contributed by atoms with Crippen molar-refractivity contribution in [2.24, 2.45) is 0 Å². The van der Waals surface area contributed by atoms with Crippen LogP contribution in [0.5, 0.6) is 0 Å². The molecule has 0 aromatic heterocycles. The second-order valence-electron chi connectivity index (χ2n) is 3.50. The van der Waals surface area contributed by atoms with Gasteiger partial charge < -0.3 is 0 Å². The second kappa shape index (κ2) is 4.40. The minimum absolute atomic E-state index is 0.354. The van der Waals surface area contributed by atoms with Crippen molar-refractivity contribution in [2.45, 2.75) is 0 Å². The van der Waals surface area contributed by atoms with Gasteiger partial charge in [0.15, 0.2) is 0 Å². The van der Waals surface area contributed by atoms with Crippen molar-refractivity contribution < 1.29 is 23.2 Å². The van der Waals surface area contributed by atoms with Crippen molar-refractivity contribution in [2.75, 3.05) is 6.54 Å². The Kier molecular flexibility index (Phi) is 2.92. The van der Waals surface area contributed by atoms with Crippen LogP contribution in [0.2, 0.25) is 0 Å². The predicted molar refractivity (Wildman–Crippen MR) is 54.1 cm³/mol. The summed E-state index contributed by atoms with van der Waals surface area (Å²) < 4.78 is 25.9. The minimum Gasteiger partial charge on any atom is -0.275 e. The third-order valence-corrected chi connectivity index (χ3v) is 2.21. The van der Waals surface area contributed by atoms with Gasteiger partial charge in [-0.1, -0.05) is 0 Å². The summed E-state index contributed by atoms with van der Waals surface area (Å²) in [6.07, 6.45) is 0. The molecule has 0 aliphatic carbocycles. The third kappa shape index (κ3) is 2.26. The number of amides is 4.